The van der Waals surface area contributed by atoms with Gasteiger partial charge in [-0.2, -0.15) is 0 Å². The molecule has 2 aliphatic heterocycles. The number of rotatable bonds is 1. The number of hydrogen-bond acceptors (Lipinski definition) is 2. The normalized spacial score (nSPS) is 49.1. The third kappa shape index (κ3) is 1.53. The minimum absolute atomic E-state index is 0.0923. The monoisotopic (exact) mass is 236 g/mol. The van der Waals surface area contributed by atoms with Gasteiger partial charge in [-0.05, 0) is 62.0 Å². The van der Waals surface area contributed by atoms with Crippen LogP contribution in [0.3, 0.4) is 0 Å². The van der Waals surface area contributed by atoms with Gasteiger partial charge < -0.3 is 0 Å². The fraction of sp³-hybridized carbons (Fsp3) is 0.867. The van der Waals surface area contributed by atoms with E-state index in [1.165, 1.54) is 12.8 Å². The van der Waals surface area contributed by atoms with E-state index in [9.17, 15) is 0 Å². The first kappa shape index (κ1) is 11.7. The van der Waals surface area contributed by atoms with E-state index >= 15 is 0 Å². The molecule has 96 valence electrons. The lowest BCUT2D eigenvalue weighted by atomic mass is 9.59. The summed E-state index contributed by atoms with van der Waals surface area (Å²) >= 11 is 0. The predicted octanol–water partition coefficient (Wildman–Crippen LogP) is 3.87. The van der Waals surface area contributed by atoms with Crippen LogP contribution in [0, 0.1) is 17.8 Å². The Morgan fingerprint density at radius 2 is 2.00 bits per heavy atom. The van der Waals surface area contributed by atoms with Crippen molar-refractivity contribution in [2.45, 2.75) is 64.6 Å². The van der Waals surface area contributed by atoms with Crippen molar-refractivity contribution in [2.24, 2.45) is 17.8 Å². The average molecular weight is 236 g/mol. The van der Waals surface area contributed by atoms with Gasteiger partial charge in [0.15, 0.2) is 0 Å². The van der Waals surface area contributed by atoms with Crippen LogP contribution < -0.4 is 0 Å². The van der Waals surface area contributed by atoms with Crippen LogP contribution in [0.5, 0.6) is 0 Å². The molecule has 0 radical (unpaired) electrons. The first-order chi connectivity index (χ1) is 7.97. The van der Waals surface area contributed by atoms with Crippen molar-refractivity contribution >= 4 is 0 Å². The second kappa shape index (κ2) is 3.58. The summed E-state index contributed by atoms with van der Waals surface area (Å²) in [5.41, 5.74) is 1.29. The van der Waals surface area contributed by atoms with Gasteiger partial charge in [-0.15, -0.1) is 0 Å². The first-order valence-corrected chi connectivity index (χ1v) is 7.07. The van der Waals surface area contributed by atoms with Gasteiger partial charge in [-0.1, -0.05) is 20.8 Å². The van der Waals surface area contributed by atoms with Gasteiger partial charge in [0.2, 0.25) is 0 Å². The molecule has 0 aromatic heterocycles. The Labute approximate surface area is 104 Å². The maximum atomic E-state index is 5.90. The highest BCUT2D eigenvalue weighted by atomic mass is 17.2. The van der Waals surface area contributed by atoms with Crippen LogP contribution in [0.1, 0.15) is 53.4 Å². The molecule has 1 saturated heterocycles. The van der Waals surface area contributed by atoms with E-state index in [0.29, 0.717) is 17.8 Å². The second-order valence-electron chi connectivity index (χ2n) is 6.80. The molecule has 2 nitrogen and oxygen atoms in total. The fourth-order valence-electron chi connectivity index (χ4n) is 3.97. The molecule has 1 saturated carbocycles. The highest BCUT2D eigenvalue weighted by Gasteiger charge is 2.56. The lowest BCUT2D eigenvalue weighted by Crippen LogP contribution is -2.58. The van der Waals surface area contributed by atoms with Crippen LogP contribution in [0.25, 0.3) is 0 Å². The summed E-state index contributed by atoms with van der Waals surface area (Å²) in [7, 11) is 0. The van der Waals surface area contributed by atoms with Crippen molar-refractivity contribution in [2.75, 3.05) is 0 Å². The van der Waals surface area contributed by atoms with Crippen molar-refractivity contribution in [3.63, 3.8) is 0 Å². The second-order valence-corrected chi connectivity index (χ2v) is 6.80. The molecular weight excluding hydrogens is 212 g/mol. The summed E-state index contributed by atoms with van der Waals surface area (Å²) in [6, 6.07) is 0. The Morgan fingerprint density at radius 1 is 1.24 bits per heavy atom. The molecule has 2 fully saturated rings. The van der Waals surface area contributed by atoms with Gasteiger partial charge >= 0.3 is 0 Å². The predicted molar refractivity (Wildman–Crippen MR) is 67.3 cm³/mol. The standard InChI is InChI=1S/C15H24O2/c1-10(2)12-6-5-11(3)15-8-7-14(4,16-17-15)9-13(12)15/h9-12H,5-8H2,1-4H3/t11-,12+,14+,15-/m0/s1. The van der Waals surface area contributed by atoms with E-state index in [1.54, 1.807) is 5.57 Å². The van der Waals surface area contributed by atoms with E-state index in [1.807, 2.05) is 0 Å². The minimum Gasteiger partial charge on any atom is -0.225 e. The number of hydrogen-bond donors (Lipinski definition) is 0. The van der Waals surface area contributed by atoms with Crippen LogP contribution in [0.15, 0.2) is 11.6 Å². The summed E-state index contributed by atoms with van der Waals surface area (Å²) in [4.78, 5) is 11.5. The molecule has 4 atom stereocenters. The van der Waals surface area contributed by atoms with Crippen molar-refractivity contribution in [1.29, 1.82) is 0 Å². The minimum atomic E-state index is -0.165. The summed E-state index contributed by atoms with van der Waals surface area (Å²) in [6.45, 7) is 9.14. The fourth-order valence-corrected chi connectivity index (χ4v) is 3.97. The Morgan fingerprint density at radius 3 is 2.59 bits per heavy atom. The summed E-state index contributed by atoms with van der Waals surface area (Å²) < 4.78 is 0. The van der Waals surface area contributed by atoms with Crippen LogP contribution in [0.4, 0.5) is 0 Å². The van der Waals surface area contributed by atoms with E-state index in [0.717, 1.165) is 12.8 Å². The molecule has 2 heterocycles. The highest BCUT2D eigenvalue weighted by molar-refractivity contribution is 5.32. The average Bonchev–Trinajstić information content (AvgIpc) is 2.28. The lowest BCUT2D eigenvalue weighted by molar-refractivity contribution is -0.439. The molecule has 0 amide bonds. The zero-order valence-electron chi connectivity index (χ0n) is 11.5. The van der Waals surface area contributed by atoms with Crippen molar-refractivity contribution in [3.05, 3.63) is 11.6 Å². The van der Waals surface area contributed by atoms with Crippen molar-refractivity contribution in [3.8, 4) is 0 Å². The SMILES string of the molecule is CC(C)[C@H]1CC[C@H](C)[C@@]23CC[C@](C)(C=C12)OO3. The molecule has 4 aliphatic rings. The lowest BCUT2D eigenvalue weighted by Gasteiger charge is -2.56. The maximum absolute atomic E-state index is 5.90. The van der Waals surface area contributed by atoms with Crippen molar-refractivity contribution < 1.29 is 9.78 Å². The number of fused-ring (bicyclic) bond motifs is 2. The summed E-state index contributed by atoms with van der Waals surface area (Å²) in [5.74, 6) is 1.99. The molecule has 2 bridgehead atoms. The van der Waals surface area contributed by atoms with Gasteiger partial charge in [0, 0.05) is 0 Å². The topological polar surface area (TPSA) is 18.5 Å². The Kier molecular flexibility index (Phi) is 2.47. The van der Waals surface area contributed by atoms with E-state index in [4.69, 9.17) is 9.78 Å². The Bertz CT molecular complexity index is 348. The third-order valence-corrected chi connectivity index (χ3v) is 5.23. The molecule has 0 N–H and O–H groups in total. The zero-order valence-corrected chi connectivity index (χ0v) is 11.5. The molecule has 2 aliphatic carbocycles. The Hall–Kier alpha value is -0.340. The zero-order chi connectivity index (χ0) is 12.3. The highest BCUT2D eigenvalue weighted by Crippen LogP contribution is 2.56. The molecule has 2 heteroatoms. The van der Waals surface area contributed by atoms with Gasteiger partial charge in [-0.3, -0.25) is 0 Å². The van der Waals surface area contributed by atoms with Crippen LogP contribution >= 0.6 is 0 Å². The van der Waals surface area contributed by atoms with Gasteiger partial charge in [0.05, 0.1) is 0 Å². The van der Waals surface area contributed by atoms with Gasteiger partial charge in [0.1, 0.15) is 11.2 Å². The van der Waals surface area contributed by atoms with Gasteiger partial charge in [-0.25, -0.2) is 9.78 Å². The maximum Gasteiger partial charge on any atom is 0.128 e. The van der Waals surface area contributed by atoms with Crippen LogP contribution in [0.2, 0.25) is 0 Å². The largest absolute Gasteiger partial charge is 0.225 e. The van der Waals surface area contributed by atoms with E-state index in [-0.39, 0.29) is 11.2 Å². The summed E-state index contributed by atoms with van der Waals surface area (Å²) in [6.07, 6.45) is 7.21. The molecule has 0 aromatic carbocycles. The molecule has 0 unspecified atom stereocenters. The smallest absolute Gasteiger partial charge is 0.128 e. The summed E-state index contributed by atoms with van der Waals surface area (Å²) in [5, 5.41) is 0. The van der Waals surface area contributed by atoms with E-state index < -0.39 is 0 Å². The molecule has 1 spiro atoms. The molecule has 0 aromatic rings. The Balaban J connectivity index is 2.06. The van der Waals surface area contributed by atoms with Crippen LogP contribution in [-0.4, -0.2) is 11.2 Å². The molecular formula is C15H24O2. The van der Waals surface area contributed by atoms with E-state index in [2.05, 4.69) is 33.8 Å². The first-order valence-electron chi connectivity index (χ1n) is 7.07. The van der Waals surface area contributed by atoms with Gasteiger partial charge in [0.25, 0.3) is 0 Å². The quantitative estimate of drug-likeness (QED) is 0.508. The molecule has 4 rings (SSSR count). The van der Waals surface area contributed by atoms with Crippen molar-refractivity contribution in [1.82, 2.24) is 0 Å². The third-order valence-electron chi connectivity index (χ3n) is 5.23. The molecule has 17 heavy (non-hydrogen) atoms. The van der Waals surface area contributed by atoms with Crippen LogP contribution in [-0.2, 0) is 9.78 Å².